The molecule has 1 atom stereocenters. The van der Waals surface area contributed by atoms with Gasteiger partial charge in [0.25, 0.3) is 0 Å². The van der Waals surface area contributed by atoms with Crippen LogP contribution >= 0.6 is 0 Å². The molecule has 164 valence electrons. The molecule has 0 amide bonds. The summed E-state index contributed by atoms with van der Waals surface area (Å²) in [5.41, 5.74) is 4.65. The molecule has 0 radical (unpaired) electrons. The molecule has 6 heteroatoms. The van der Waals surface area contributed by atoms with Gasteiger partial charge in [0.1, 0.15) is 17.2 Å². The van der Waals surface area contributed by atoms with E-state index in [-0.39, 0.29) is 18.4 Å². The number of piperazine rings is 1. The van der Waals surface area contributed by atoms with Crippen LogP contribution in [0.4, 0.5) is 0 Å². The van der Waals surface area contributed by atoms with Gasteiger partial charge in [0, 0.05) is 57.0 Å². The Bertz CT molecular complexity index is 855. The fourth-order valence-electron chi connectivity index (χ4n) is 4.24. The van der Waals surface area contributed by atoms with E-state index in [2.05, 4.69) is 29.7 Å². The average molecular weight is 415 g/mol. The molecule has 1 saturated heterocycles. The standard InChI is InChI=1S/C24H34N2O4/c1-17-18(2)24(30-4)8-6-19(17)15-26-11-10-25(16-21(26)9-12-27)14-20-5-7-22(29-3)13-23(20)28/h5-8,13,21,27-28H,9-12,14-16H2,1-4H3/t21-/m0/s1. The summed E-state index contributed by atoms with van der Waals surface area (Å²) < 4.78 is 10.6. The van der Waals surface area contributed by atoms with Crippen LogP contribution in [-0.2, 0) is 13.1 Å². The van der Waals surface area contributed by atoms with E-state index in [1.165, 1.54) is 16.7 Å². The Morgan fingerprint density at radius 3 is 2.40 bits per heavy atom. The molecule has 2 aromatic carbocycles. The van der Waals surface area contributed by atoms with E-state index in [1.807, 2.05) is 18.2 Å². The molecule has 0 unspecified atom stereocenters. The molecule has 1 fully saturated rings. The third kappa shape index (κ3) is 5.06. The maximum Gasteiger partial charge on any atom is 0.123 e. The normalized spacial score (nSPS) is 17.8. The first-order chi connectivity index (χ1) is 14.5. The molecule has 0 aliphatic carbocycles. The summed E-state index contributed by atoms with van der Waals surface area (Å²) in [7, 11) is 3.30. The van der Waals surface area contributed by atoms with Gasteiger partial charge >= 0.3 is 0 Å². The van der Waals surface area contributed by atoms with Gasteiger partial charge in [-0.25, -0.2) is 0 Å². The second-order valence-electron chi connectivity index (χ2n) is 8.04. The number of rotatable bonds is 8. The summed E-state index contributed by atoms with van der Waals surface area (Å²) in [6, 6.07) is 9.92. The first-order valence-electron chi connectivity index (χ1n) is 10.5. The number of nitrogens with zero attached hydrogens (tertiary/aromatic N) is 2. The lowest BCUT2D eigenvalue weighted by molar-refractivity contribution is 0.0495. The number of methoxy groups -OCH3 is 2. The van der Waals surface area contributed by atoms with Crippen LogP contribution in [0.1, 0.15) is 28.7 Å². The Balaban J connectivity index is 1.69. The summed E-state index contributed by atoms with van der Waals surface area (Å²) >= 11 is 0. The molecule has 0 saturated carbocycles. The summed E-state index contributed by atoms with van der Waals surface area (Å²) in [5, 5.41) is 19.9. The molecule has 0 aromatic heterocycles. The van der Waals surface area contributed by atoms with Gasteiger partial charge < -0.3 is 19.7 Å². The molecule has 1 heterocycles. The van der Waals surface area contributed by atoms with E-state index < -0.39 is 0 Å². The highest BCUT2D eigenvalue weighted by Crippen LogP contribution is 2.28. The Morgan fingerprint density at radius 2 is 1.73 bits per heavy atom. The van der Waals surface area contributed by atoms with Crippen LogP contribution in [-0.4, -0.2) is 66.5 Å². The molecule has 0 bridgehead atoms. The van der Waals surface area contributed by atoms with Crippen molar-refractivity contribution in [2.45, 2.75) is 39.4 Å². The Kier molecular flexibility index (Phi) is 7.58. The van der Waals surface area contributed by atoms with Crippen LogP contribution in [0.25, 0.3) is 0 Å². The zero-order chi connectivity index (χ0) is 21.7. The molecule has 2 aromatic rings. The van der Waals surface area contributed by atoms with Crippen molar-refractivity contribution in [1.82, 2.24) is 9.80 Å². The molecular formula is C24H34N2O4. The highest BCUT2D eigenvalue weighted by atomic mass is 16.5. The third-order valence-electron chi connectivity index (χ3n) is 6.28. The third-order valence-corrected chi connectivity index (χ3v) is 6.28. The second-order valence-corrected chi connectivity index (χ2v) is 8.04. The number of hydrogen-bond acceptors (Lipinski definition) is 6. The Labute approximate surface area is 179 Å². The SMILES string of the molecule is COc1ccc(CN2CCN(Cc3ccc(OC)c(C)c3C)[C@@H](CCO)C2)c(O)c1. The van der Waals surface area contributed by atoms with Crippen LogP contribution in [0, 0.1) is 13.8 Å². The summed E-state index contributed by atoms with van der Waals surface area (Å²) in [6.07, 6.45) is 0.735. The van der Waals surface area contributed by atoms with Gasteiger partial charge in [0.2, 0.25) is 0 Å². The number of hydrogen-bond donors (Lipinski definition) is 2. The predicted molar refractivity (Wildman–Crippen MR) is 118 cm³/mol. The van der Waals surface area contributed by atoms with E-state index in [0.29, 0.717) is 12.3 Å². The topological polar surface area (TPSA) is 65.4 Å². The van der Waals surface area contributed by atoms with Crippen LogP contribution < -0.4 is 9.47 Å². The van der Waals surface area contributed by atoms with Crippen molar-refractivity contribution in [2.24, 2.45) is 0 Å². The summed E-state index contributed by atoms with van der Waals surface area (Å²) in [5.74, 6) is 1.84. The van der Waals surface area contributed by atoms with Gasteiger partial charge in [-0.1, -0.05) is 12.1 Å². The maximum absolute atomic E-state index is 10.3. The fraction of sp³-hybridized carbons (Fsp3) is 0.500. The second kappa shape index (κ2) is 10.2. The van der Waals surface area contributed by atoms with Gasteiger partial charge in [0.15, 0.2) is 0 Å². The molecule has 6 nitrogen and oxygen atoms in total. The molecule has 30 heavy (non-hydrogen) atoms. The quantitative estimate of drug-likeness (QED) is 0.692. The van der Waals surface area contributed by atoms with Crippen molar-refractivity contribution in [3.05, 3.63) is 52.6 Å². The first kappa shape index (κ1) is 22.4. The van der Waals surface area contributed by atoms with Crippen molar-refractivity contribution in [3.8, 4) is 17.2 Å². The van der Waals surface area contributed by atoms with E-state index in [1.54, 1.807) is 20.3 Å². The van der Waals surface area contributed by atoms with Gasteiger partial charge in [0.05, 0.1) is 14.2 Å². The molecule has 2 N–H and O–H groups in total. The fourth-order valence-corrected chi connectivity index (χ4v) is 4.24. The largest absolute Gasteiger partial charge is 0.507 e. The zero-order valence-electron chi connectivity index (χ0n) is 18.5. The number of phenolic OH excluding ortho intramolecular Hbond substituents is 1. The molecule has 1 aliphatic heterocycles. The number of aliphatic hydroxyl groups is 1. The number of ether oxygens (including phenoxy) is 2. The molecular weight excluding hydrogens is 380 g/mol. The summed E-state index contributed by atoms with van der Waals surface area (Å²) in [6.45, 7) is 8.67. The average Bonchev–Trinajstić information content (AvgIpc) is 2.75. The predicted octanol–water partition coefficient (Wildman–Crippen LogP) is 3.10. The minimum Gasteiger partial charge on any atom is -0.507 e. The van der Waals surface area contributed by atoms with Crippen molar-refractivity contribution in [3.63, 3.8) is 0 Å². The molecule has 0 spiro atoms. The van der Waals surface area contributed by atoms with E-state index in [4.69, 9.17) is 9.47 Å². The monoisotopic (exact) mass is 414 g/mol. The highest BCUT2D eigenvalue weighted by Gasteiger charge is 2.27. The van der Waals surface area contributed by atoms with Crippen molar-refractivity contribution in [1.29, 1.82) is 0 Å². The molecule has 3 rings (SSSR count). The van der Waals surface area contributed by atoms with Crippen molar-refractivity contribution < 1.29 is 19.7 Å². The summed E-state index contributed by atoms with van der Waals surface area (Å²) in [4.78, 5) is 4.82. The van der Waals surface area contributed by atoms with Gasteiger partial charge in [-0.3, -0.25) is 9.80 Å². The smallest absolute Gasteiger partial charge is 0.123 e. The van der Waals surface area contributed by atoms with Crippen LogP contribution in [0.3, 0.4) is 0 Å². The lowest BCUT2D eigenvalue weighted by atomic mass is 10.00. The van der Waals surface area contributed by atoms with E-state index >= 15 is 0 Å². The zero-order valence-corrected chi connectivity index (χ0v) is 18.5. The minimum atomic E-state index is 0.170. The van der Waals surface area contributed by atoms with E-state index in [0.717, 1.165) is 43.9 Å². The number of aliphatic hydroxyl groups excluding tert-OH is 1. The van der Waals surface area contributed by atoms with Gasteiger partial charge in [-0.2, -0.15) is 0 Å². The van der Waals surface area contributed by atoms with Crippen molar-refractivity contribution in [2.75, 3.05) is 40.5 Å². The minimum absolute atomic E-state index is 0.170. The van der Waals surface area contributed by atoms with Crippen LogP contribution in [0.15, 0.2) is 30.3 Å². The molecule has 1 aliphatic rings. The maximum atomic E-state index is 10.3. The number of phenols is 1. The van der Waals surface area contributed by atoms with Crippen LogP contribution in [0.2, 0.25) is 0 Å². The van der Waals surface area contributed by atoms with Gasteiger partial charge in [-0.15, -0.1) is 0 Å². The number of aromatic hydroxyl groups is 1. The Morgan fingerprint density at radius 1 is 0.967 bits per heavy atom. The lowest BCUT2D eigenvalue weighted by Crippen LogP contribution is -2.52. The van der Waals surface area contributed by atoms with E-state index in [9.17, 15) is 10.2 Å². The first-order valence-corrected chi connectivity index (χ1v) is 10.5. The lowest BCUT2D eigenvalue weighted by Gasteiger charge is -2.42. The van der Waals surface area contributed by atoms with Crippen molar-refractivity contribution >= 4 is 0 Å². The highest BCUT2D eigenvalue weighted by molar-refractivity contribution is 5.43. The van der Waals surface area contributed by atoms with Gasteiger partial charge in [-0.05, 0) is 49.1 Å². The number of benzene rings is 2. The van der Waals surface area contributed by atoms with Crippen LogP contribution in [0.5, 0.6) is 17.2 Å². The Hall–Kier alpha value is -2.28.